The molecule has 5 rings (SSSR count). The third-order valence-corrected chi connectivity index (χ3v) is 5.97. The van der Waals surface area contributed by atoms with Crippen molar-refractivity contribution in [1.29, 1.82) is 0 Å². The van der Waals surface area contributed by atoms with Crippen molar-refractivity contribution in [2.24, 2.45) is 0 Å². The van der Waals surface area contributed by atoms with Gasteiger partial charge in [-0.2, -0.15) is 0 Å². The molecule has 2 unspecified atom stereocenters. The average molecular weight is 426 g/mol. The van der Waals surface area contributed by atoms with Crippen LogP contribution in [0.3, 0.4) is 0 Å². The van der Waals surface area contributed by atoms with Gasteiger partial charge < -0.3 is 14.8 Å². The van der Waals surface area contributed by atoms with E-state index in [0.717, 1.165) is 23.0 Å². The first-order valence-corrected chi connectivity index (χ1v) is 10.8. The van der Waals surface area contributed by atoms with Crippen LogP contribution in [0.2, 0.25) is 0 Å². The molecule has 1 aliphatic rings. The largest absolute Gasteiger partial charge is 0.352 e. The van der Waals surface area contributed by atoms with Gasteiger partial charge >= 0.3 is 0 Å². The van der Waals surface area contributed by atoms with Crippen LogP contribution in [0.4, 0.5) is 0 Å². The summed E-state index contributed by atoms with van der Waals surface area (Å²) in [6.07, 6.45) is 5.79. The Morgan fingerprint density at radius 2 is 1.58 bits per heavy atom. The predicted octanol–water partition coefficient (Wildman–Crippen LogP) is 4.50. The Bertz CT molecular complexity index is 1140. The summed E-state index contributed by atoms with van der Waals surface area (Å²) in [6.45, 7) is 1.44. The van der Waals surface area contributed by atoms with Gasteiger partial charge in [0, 0.05) is 30.8 Å². The van der Waals surface area contributed by atoms with E-state index in [-0.39, 0.29) is 12.1 Å². The lowest BCUT2D eigenvalue weighted by atomic mass is 10.0. The van der Waals surface area contributed by atoms with Crippen molar-refractivity contribution in [3.05, 3.63) is 120 Å². The molecule has 154 valence electrons. The lowest BCUT2D eigenvalue weighted by Crippen LogP contribution is -2.30. The van der Waals surface area contributed by atoms with Crippen molar-refractivity contribution < 1.29 is 0 Å². The van der Waals surface area contributed by atoms with Crippen LogP contribution in [-0.2, 0) is 13.1 Å². The van der Waals surface area contributed by atoms with Crippen LogP contribution in [0.15, 0.2) is 97.5 Å². The van der Waals surface area contributed by atoms with Crippen molar-refractivity contribution >= 4 is 17.3 Å². The first-order chi connectivity index (χ1) is 15.3. The van der Waals surface area contributed by atoms with Gasteiger partial charge in [0.05, 0.1) is 30.0 Å². The van der Waals surface area contributed by atoms with Crippen molar-refractivity contribution in [3.8, 4) is 0 Å². The summed E-state index contributed by atoms with van der Waals surface area (Å²) < 4.78 is 2.26. The Morgan fingerprint density at radius 1 is 0.806 bits per heavy atom. The van der Waals surface area contributed by atoms with Gasteiger partial charge in [-0.1, -0.05) is 42.5 Å². The number of thiocarbonyl (C=S) groups is 1. The zero-order chi connectivity index (χ0) is 21.0. The molecule has 1 N–H and O–H groups in total. The summed E-state index contributed by atoms with van der Waals surface area (Å²) in [4.78, 5) is 11.4. The maximum atomic E-state index is 5.81. The van der Waals surface area contributed by atoms with E-state index < -0.39 is 0 Å². The van der Waals surface area contributed by atoms with Gasteiger partial charge in [0.1, 0.15) is 0 Å². The maximum Gasteiger partial charge on any atom is 0.170 e. The first kappa shape index (κ1) is 19.5. The van der Waals surface area contributed by atoms with Crippen molar-refractivity contribution in [3.63, 3.8) is 0 Å². The number of rotatable bonds is 6. The third-order valence-electron chi connectivity index (χ3n) is 5.62. The summed E-state index contributed by atoms with van der Waals surface area (Å²) in [5.41, 5.74) is 4.42. The van der Waals surface area contributed by atoms with E-state index in [0.29, 0.717) is 6.54 Å². The van der Waals surface area contributed by atoms with Gasteiger partial charge in [-0.15, -0.1) is 0 Å². The van der Waals surface area contributed by atoms with Gasteiger partial charge in [0.15, 0.2) is 5.11 Å². The summed E-state index contributed by atoms with van der Waals surface area (Å²) >= 11 is 5.81. The highest BCUT2D eigenvalue weighted by atomic mass is 32.1. The molecule has 1 fully saturated rings. The molecule has 2 atom stereocenters. The fourth-order valence-corrected chi connectivity index (χ4v) is 4.49. The molecule has 0 bridgehead atoms. The summed E-state index contributed by atoms with van der Waals surface area (Å²) in [7, 11) is 0. The highest BCUT2D eigenvalue weighted by Crippen LogP contribution is 2.39. The Balaban J connectivity index is 1.54. The van der Waals surface area contributed by atoms with Crippen LogP contribution in [0.5, 0.6) is 0 Å². The highest BCUT2D eigenvalue weighted by Gasteiger charge is 2.41. The topological polar surface area (TPSA) is 46.0 Å². The maximum absolute atomic E-state index is 5.81. The highest BCUT2D eigenvalue weighted by molar-refractivity contribution is 7.80. The molecule has 0 spiro atoms. The van der Waals surface area contributed by atoms with Gasteiger partial charge in [-0.3, -0.25) is 9.97 Å². The fourth-order valence-electron chi connectivity index (χ4n) is 4.18. The number of hydrogen-bond donors (Lipinski definition) is 1. The molecule has 0 radical (unpaired) electrons. The molecule has 31 heavy (non-hydrogen) atoms. The number of pyridine rings is 2. The smallest absolute Gasteiger partial charge is 0.170 e. The molecule has 0 aliphatic carbocycles. The van der Waals surface area contributed by atoms with Crippen molar-refractivity contribution in [1.82, 2.24) is 24.8 Å². The van der Waals surface area contributed by atoms with Gasteiger partial charge in [0.25, 0.3) is 0 Å². The first-order valence-electron chi connectivity index (χ1n) is 10.4. The minimum absolute atomic E-state index is 0.0151. The molecule has 6 heteroatoms. The Kier molecular flexibility index (Phi) is 5.46. The van der Waals surface area contributed by atoms with Crippen molar-refractivity contribution in [2.75, 3.05) is 0 Å². The summed E-state index contributed by atoms with van der Waals surface area (Å²) in [5, 5.41) is 4.28. The van der Waals surface area contributed by atoms with Gasteiger partial charge in [0.2, 0.25) is 0 Å². The van der Waals surface area contributed by atoms with Crippen LogP contribution in [0.25, 0.3) is 0 Å². The van der Waals surface area contributed by atoms with E-state index >= 15 is 0 Å². The molecule has 1 aliphatic heterocycles. The van der Waals surface area contributed by atoms with E-state index in [4.69, 9.17) is 12.2 Å². The Hall–Kier alpha value is -3.51. The molecule has 5 nitrogen and oxygen atoms in total. The van der Waals surface area contributed by atoms with E-state index in [2.05, 4.69) is 79.5 Å². The molecule has 4 aromatic rings. The molecule has 1 saturated heterocycles. The van der Waals surface area contributed by atoms with E-state index in [1.165, 1.54) is 11.3 Å². The fraction of sp³-hybridized carbons (Fsp3) is 0.160. The average Bonchev–Trinajstić information content (AvgIpc) is 3.40. The number of benzene rings is 1. The van der Waals surface area contributed by atoms with Crippen LogP contribution in [0, 0.1) is 0 Å². The lowest BCUT2D eigenvalue weighted by molar-refractivity contribution is 0.298. The second kappa shape index (κ2) is 8.70. The lowest BCUT2D eigenvalue weighted by Gasteiger charge is -2.29. The van der Waals surface area contributed by atoms with E-state index in [1.54, 1.807) is 0 Å². The van der Waals surface area contributed by atoms with Gasteiger partial charge in [-0.25, -0.2) is 0 Å². The molecule has 3 aromatic heterocycles. The summed E-state index contributed by atoms with van der Waals surface area (Å²) in [5.74, 6) is 0. The number of aromatic nitrogens is 3. The summed E-state index contributed by atoms with van der Waals surface area (Å²) in [6, 6.07) is 26.8. The minimum Gasteiger partial charge on any atom is -0.352 e. The van der Waals surface area contributed by atoms with Gasteiger partial charge in [-0.05, 0) is 54.2 Å². The molecule has 4 heterocycles. The zero-order valence-corrected chi connectivity index (χ0v) is 17.8. The number of nitrogens with zero attached hydrogens (tertiary/aromatic N) is 4. The second-order valence-corrected chi connectivity index (χ2v) is 8.01. The zero-order valence-electron chi connectivity index (χ0n) is 17.0. The van der Waals surface area contributed by atoms with E-state index in [1.807, 2.05) is 42.7 Å². The normalized spacial score (nSPS) is 18.2. The van der Waals surface area contributed by atoms with Crippen LogP contribution in [0.1, 0.15) is 34.7 Å². The Labute approximate surface area is 187 Å². The van der Waals surface area contributed by atoms with E-state index in [9.17, 15) is 0 Å². The van der Waals surface area contributed by atoms with Crippen LogP contribution < -0.4 is 5.32 Å². The Morgan fingerprint density at radius 3 is 2.32 bits per heavy atom. The number of nitrogens with one attached hydrogen (secondary N) is 1. The monoisotopic (exact) mass is 425 g/mol. The second-order valence-electron chi connectivity index (χ2n) is 7.62. The minimum atomic E-state index is -0.0326. The molecular formula is C25H23N5S. The predicted molar refractivity (Wildman–Crippen MR) is 125 cm³/mol. The van der Waals surface area contributed by atoms with Crippen molar-refractivity contribution in [2.45, 2.75) is 25.2 Å². The SMILES string of the molecule is S=C1NC(c2ccccn2)C(c2cccn2Cc2ccccn2)N1Cc1ccccc1. The third kappa shape index (κ3) is 4.07. The van der Waals surface area contributed by atoms with Crippen LogP contribution in [-0.4, -0.2) is 24.5 Å². The quantitative estimate of drug-likeness (QED) is 0.461. The standard InChI is InChI=1S/C25H23N5S/c31-25-28-23(21-12-5-7-15-27-21)24(30(25)17-19-9-2-1-3-10-19)22-13-8-16-29(22)18-20-11-4-6-14-26-20/h1-16,23-24H,17-18H2,(H,28,31). The molecular weight excluding hydrogens is 402 g/mol. The number of hydrogen-bond acceptors (Lipinski definition) is 3. The van der Waals surface area contributed by atoms with Crippen LogP contribution >= 0.6 is 12.2 Å². The molecule has 0 saturated carbocycles. The molecule has 0 amide bonds. The molecule has 1 aromatic carbocycles.